The molecule has 1 N–H and O–H groups in total. The van der Waals surface area contributed by atoms with Gasteiger partial charge in [-0.25, -0.2) is 8.78 Å². The van der Waals surface area contributed by atoms with Gasteiger partial charge < -0.3 is 5.32 Å². The predicted octanol–water partition coefficient (Wildman–Crippen LogP) is 4.37. The van der Waals surface area contributed by atoms with Gasteiger partial charge in [0.1, 0.15) is 5.82 Å². The molecule has 0 radical (unpaired) electrons. The highest BCUT2D eigenvalue weighted by Gasteiger charge is 2.08. The summed E-state index contributed by atoms with van der Waals surface area (Å²) in [7, 11) is 0. The van der Waals surface area contributed by atoms with Crippen LogP contribution in [0.1, 0.15) is 0 Å². The Morgan fingerprint density at radius 2 is 1.70 bits per heavy atom. The molecule has 0 saturated heterocycles. The summed E-state index contributed by atoms with van der Waals surface area (Å²) in [5, 5.41) is 3.52. The van der Waals surface area contributed by atoms with Gasteiger partial charge in [0.05, 0.1) is 0 Å². The summed E-state index contributed by atoms with van der Waals surface area (Å²) in [6.45, 7) is 0. The topological polar surface area (TPSA) is 29.1 Å². The lowest BCUT2D eigenvalue weighted by molar-refractivity contribution is -0.114. The quantitative estimate of drug-likeness (QED) is 0.669. The van der Waals surface area contributed by atoms with Gasteiger partial charge in [-0.1, -0.05) is 30.0 Å². The average molecular weight is 291 g/mol. The molecule has 0 unspecified atom stereocenters. The summed E-state index contributed by atoms with van der Waals surface area (Å²) < 4.78 is 26.3. The number of halogens is 2. The number of benzene rings is 2. The summed E-state index contributed by atoms with van der Waals surface area (Å²) in [6.07, 6.45) is 0. The fraction of sp³-hybridized carbons (Fsp3) is 0. The minimum atomic E-state index is -0.900. The van der Waals surface area contributed by atoms with Crippen molar-refractivity contribution in [2.45, 2.75) is 4.90 Å². The van der Waals surface area contributed by atoms with Gasteiger partial charge in [0, 0.05) is 16.0 Å². The van der Waals surface area contributed by atoms with Crippen molar-refractivity contribution in [2.24, 2.45) is 0 Å². The summed E-state index contributed by atoms with van der Waals surface area (Å²) in [4.78, 5) is 12.2. The molecule has 2 aromatic carbocycles. The van der Waals surface area contributed by atoms with Crippen molar-refractivity contribution in [1.82, 2.24) is 0 Å². The second-order valence-corrected chi connectivity index (χ2v) is 4.80. The van der Waals surface area contributed by atoms with Gasteiger partial charge in [-0.2, -0.15) is 0 Å². The molecule has 0 heterocycles. The first-order valence-corrected chi connectivity index (χ1v) is 6.67. The molecule has 20 heavy (non-hydrogen) atoms. The second-order valence-electron chi connectivity index (χ2n) is 3.86. The van der Waals surface area contributed by atoms with E-state index in [4.69, 9.17) is 0 Å². The lowest BCUT2D eigenvalue weighted by Gasteiger charge is -2.02. The van der Waals surface area contributed by atoms with E-state index in [0.717, 1.165) is 17.2 Å². The van der Waals surface area contributed by atoms with Crippen molar-refractivity contribution >= 4 is 23.4 Å². The van der Waals surface area contributed by atoms with Gasteiger partial charge in [0.2, 0.25) is 0 Å². The number of rotatable bonds is 4. The maximum atomic E-state index is 13.6. The normalized spacial score (nSPS) is 11.2. The largest absolute Gasteiger partial charge is 0.320 e. The molecule has 0 aliphatic heterocycles. The van der Waals surface area contributed by atoms with Crippen LogP contribution in [-0.2, 0) is 4.79 Å². The van der Waals surface area contributed by atoms with Crippen LogP contribution >= 0.6 is 11.8 Å². The fourth-order valence-corrected chi connectivity index (χ4v) is 2.04. The fourth-order valence-electron chi connectivity index (χ4n) is 1.40. The molecule has 0 aliphatic rings. The summed E-state index contributed by atoms with van der Waals surface area (Å²) >= 11 is 1.01. The van der Waals surface area contributed by atoms with Crippen LogP contribution in [-0.4, -0.2) is 5.91 Å². The van der Waals surface area contributed by atoms with Gasteiger partial charge in [0.15, 0.2) is 5.83 Å². The van der Waals surface area contributed by atoms with E-state index >= 15 is 0 Å². The highest BCUT2D eigenvalue weighted by Crippen LogP contribution is 2.22. The molecule has 0 aliphatic carbocycles. The highest BCUT2D eigenvalue weighted by molar-refractivity contribution is 8.02. The molecular weight excluding hydrogens is 280 g/mol. The Bertz CT molecular complexity index is 612. The van der Waals surface area contributed by atoms with Crippen LogP contribution < -0.4 is 5.32 Å². The summed E-state index contributed by atoms with van der Waals surface area (Å²) in [5.74, 6) is -2.07. The Morgan fingerprint density at radius 1 is 1.05 bits per heavy atom. The molecule has 0 fully saturated rings. The monoisotopic (exact) mass is 291 g/mol. The van der Waals surface area contributed by atoms with Crippen LogP contribution in [0.5, 0.6) is 0 Å². The number of nitrogens with one attached hydrogen (secondary N) is 1. The number of amides is 1. The second kappa shape index (κ2) is 6.86. The molecule has 0 bridgehead atoms. The molecule has 2 rings (SSSR count). The molecule has 0 spiro atoms. The van der Waals surface area contributed by atoms with E-state index in [9.17, 15) is 13.6 Å². The first-order valence-electron chi connectivity index (χ1n) is 5.79. The Hall–Kier alpha value is -2.14. The Labute approximate surface area is 119 Å². The van der Waals surface area contributed by atoms with Crippen molar-refractivity contribution < 1.29 is 13.6 Å². The average Bonchev–Trinajstić information content (AvgIpc) is 2.47. The minimum Gasteiger partial charge on any atom is -0.320 e. The van der Waals surface area contributed by atoms with E-state index in [1.165, 1.54) is 24.3 Å². The zero-order valence-electron chi connectivity index (χ0n) is 10.3. The van der Waals surface area contributed by atoms with Crippen LogP contribution in [0.3, 0.4) is 0 Å². The number of thioether (sulfide) groups is 1. The van der Waals surface area contributed by atoms with Crippen molar-refractivity contribution in [3.8, 4) is 0 Å². The number of para-hydroxylation sites is 1. The Morgan fingerprint density at radius 3 is 2.35 bits per heavy atom. The van der Waals surface area contributed by atoms with Crippen LogP contribution in [0.2, 0.25) is 0 Å². The first-order chi connectivity index (χ1) is 9.65. The number of anilines is 1. The molecule has 0 atom stereocenters. The lowest BCUT2D eigenvalue weighted by Crippen LogP contribution is -2.11. The SMILES string of the molecule is O=C(Nc1ccccc1)C(F)=CSc1ccc(F)cc1. The smallest absolute Gasteiger partial charge is 0.284 e. The molecule has 0 aromatic heterocycles. The molecule has 0 saturated carbocycles. The van der Waals surface area contributed by atoms with Crippen LogP contribution in [0.4, 0.5) is 14.5 Å². The van der Waals surface area contributed by atoms with Crippen LogP contribution in [0.25, 0.3) is 0 Å². The molecule has 5 heteroatoms. The predicted molar refractivity (Wildman–Crippen MR) is 76.5 cm³/mol. The molecule has 102 valence electrons. The van der Waals surface area contributed by atoms with Gasteiger partial charge in [-0.05, 0) is 36.4 Å². The van der Waals surface area contributed by atoms with Crippen LogP contribution in [0, 0.1) is 5.82 Å². The first kappa shape index (κ1) is 14.3. The number of carbonyl (C=O) groups excluding carboxylic acids is 1. The Kier molecular flexibility index (Phi) is 4.90. The summed E-state index contributed by atoms with van der Waals surface area (Å²) in [6, 6.07) is 14.2. The zero-order chi connectivity index (χ0) is 14.4. The van der Waals surface area contributed by atoms with Crippen molar-refractivity contribution in [3.05, 3.63) is 71.6 Å². The highest BCUT2D eigenvalue weighted by atomic mass is 32.2. The summed E-state index contributed by atoms with van der Waals surface area (Å²) in [5.41, 5.74) is 0.521. The number of hydrogen-bond donors (Lipinski definition) is 1. The van der Waals surface area contributed by atoms with E-state index in [1.54, 1.807) is 30.3 Å². The van der Waals surface area contributed by atoms with Gasteiger partial charge >= 0.3 is 0 Å². The van der Waals surface area contributed by atoms with E-state index in [-0.39, 0.29) is 5.82 Å². The van der Waals surface area contributed by atoms with Gasteiger partial charge in [-0.3, -0.25) is 4.79 Å². The van der Waals surface area contributed by atoms with E-state index < -0.39 is 11.7 Å². The third-order valence-corrected chi connectivity index (χ3v) is 3.23. The van der Waals surface area contributed by atoms with Gasteiger partial charge in [-0.15, -0.1) is 0 Å². The van der Waals surface area contributed by atoms with E-state index in [2.05, 4.69) is 5.32 Å². The standard InChI is InChI=1S/C15H11F2NOS/c16-11-6-8-13(9-7-11)20-10-14(17)15(19)18-12-4-2-1-3-5-12/h1-10H,(H,18,19). The van der Waals surface area contributed by atoms with E-state index in [1.807, 2.05) is 0 Å². The van der Waals surface area contributed by atoms with Crippen molar-refractivity contribution in [2.75, 3.05) is 5.32 Å². The molecule has 2 aromatic rings. The van der Waals surface area contributed by atoms with Crippen LogP contribution in [0.15, 0.2) is 70.7 Å². The Balaban J connectivity index is 1.96. The lowest BCUT2D eigenvalue weighted by atomic mass is 10.3. The maximum Gasteiger partial charge on any atom is 0.284 e. The molecule has 1 amide bonds. The van der Waals surface area contributed by atoms with E-state index in [0.29, 0.717) is 10.6 Å². The number of carbonyl (C=O) groups is 1. The van der Waals surface area contributed by atoms with Crippen molar-refractivity contribution in [3.63, 3.8) is 0 Å². The van der Waals surface area contributed by atoms with Crippen molar-refractivity contribution in [1.29, 1.82) is 0 Å². The minimum absolute atomic E-state index is 0.361. The third-order valence-electron chi connectivity index (χ3n) is 2.36. The number of hydrogen-bond acceptors (Lipinski definition) is 2. The van der Waals surface area contributed by atoms with Gasteiger partial charge in [0.25, 0.3) is 5.91 Å². The molecular formula is C15H11F2NOS. The maximum absolute atomic E-state index is 13.6. The zero-order valence-corrected chi connectivity index (χ0v) is 11.2. The third kappa shape index (κ3) is 4.20. The molecule has 2 nitrogen and oxygen atoms in total.